The van der Waals surface area contributed by atoms with Gasteiger partial charge < -0.3 is 5.32 Å². The Morgan fingerprint density at radius 3 is 2.73 bits per heavy atom. The minimum absolute atomic E-state index is 0.298. The van der Waals surface area contributed by atoms with Crippen molar-refractivity contribution in [3.05, 3.63) is 71.0 Å². The van der Waals surface area contributed by atoms with Crippen LogP contribution < -0.4 is 5.32 Å². The van der Waals surface area contributed by atoms with Crippen LogP contribution in [0.4, 0.5) is 10.1 Å². The number of carbonyl (C=O) groups excluding carboxylic acids is 1. The Kier molecular flexibility index (Phi) is 3.98. The van der Waals surface area contributed by atoms with Crippen LogP contribution in [-0.2, 0) is 0 Å². The Morgan fingerprint density at radius 2 is 2.05 bits per heavy atom. The number of hydrogen-bond acceptors (Lipinski definition) is 3. The molecule has 0 aliphatic carbocycles. The van der Waals surface area contributed by atoms with Gasteiger partial charge in [-0.1, -0.05) is 12.1 Å². The summed E-state index contributed by atoms with van der Waals surface area (Å²) in [7, 11) is 0. The summed E-state index contributed by atoms with van der Waals surface area (Å²) in [5.74, 6) is -0.686. The number of nitrogens with zero attached hydrogens (tertiary/aromatic N) is 1. The van der Waals surface area contributed by atoms with Crippen LogP contribution in [0.3, 0.4) is 0 Å². The van der Waals surface area contributed by atoms with E-state index in [1.807, 2.05) is 23.6 Å². The molecule has 0 spiro atoms. The molecule has 0 aliphatic rings. The van der Waals surface area contributed by atoms with Crippen molar-refractivity contribution in [3.8, 4) is 10.6 Å². The second kappa shape index (κ2) is 6.07. The SMILES string of the molecule is Cc1nc(-c2cccs2)ccc1C(=O)Nc1cccc(F)c1. The number of benzene rings is 1. The lowest BCUT2D eigenvalue weighted by Gasteiger charge is -2.08. The first-order valence-corrected chi connectivity index (χ1v) is 7.60. The third-order valence-corrected chi connectivity index (χ3v) is 4.08. The number of thiophene rings is 1. The molecule has 110 valence electrons. The summed E-state index contributed by atoms with van der Waals surface area (Å²) in [6.45, 7) is 1.79. The molecule has 3 aromatic rings. The maximum absolute atomic E-state index is 13.1. The zero-order valence-corrected chi connectivity index (χ0v) is 12.7. The molecular weight excluding hydrogens is 299 g/mol. The van der Waals surface area contributed by atoms with Crippen molar-refractivity contribution in [2.45, 2.75) is 6.92 Å². The molecule has 0 unspecified atom stereocenters. The predicted molar refractivity (Wildman–Crippen MR) is 86.6 cm³/mol. The van der Waals surface area contributed by atoms with Crippen molar-refractivity contribution < 1.29 is 9.18 Å². The molecular formula is C17H13FN2OS. The molecule has 2 heterocycles. The maximum Gasteiger partial charge on any atom is 0.257 e. The third-order valence-electron chi connectivity index (χ3n) is 3.19. The molecule has 0 saturated heterocycles. The summed E-state index contributed by atoms with van der Waals surface area (Å²) in [4.78, 5) is 17.8. The third kappa shape index (κ3) is 3.04. The van der Waals surface area contributed by atoms with Gasteiger partial charge in [-0.05, 0) is 48.7 Å². The topological polar surface area (TPSA) is 42.0 Å². The number of amides is 1. The molecule has 1 aromatic carbocycles. The van der Waals surface area contributed by atoms with Crippen LogP contribution in [0.1, 0.15) is 16.1 Å². The van der Waals surface area contributed by atoms with E-state index in [-0.39, 0.29) is 11.7 Å². The molecule has 3 nitrogen and oxygen atoms in total. The molecule has 0 atom stereocenters. The number of carbonyl (C=O) groups is 1. The number of hydrogen-bond donors (Lipinski definition) is 1. The molecule has 0 radical (unpaired) electrons. The fraction of sp³-hybridized carbons (Fsp3) is 0.0588. The van der Waals surface area contributed by atoms with Crippen LogP contribution in [0, 0.1) is 12.7 Å². The number of anilines is 1. The van der Waals surface area contributed by atoms with E-state index < -0.39 is 0 Å². The Labute approximate surface area is 131 Å². The molecule has 22 heavy (non-hydrogen) atoms. The average Bonchev–Trinajstić information content (AvgIpc) is 3.01. The molecule has 5 heteroatoms. The first-order valence-electron chi connectivity index (χ1n) is 6.72. The summed E-state index contributed by atoms with van der Waals surface area (Å²) < 4.78 is 13.1. The van der Waals surface area contributed by atoms with E-state index in [9.17, 15) is 9.18 Å². The largest absolute Gasteiger partial charge is 0.322 e. The van der Waals surface area contributed by atoms with Crippen molar-refractivity contribution in [1.82, 2.24) is 4.98 Å². The van der Waals surface area contributed by atoms with E-state index in [0.29, 0.717) is 16.9 Å². The van der Waals surface area contributed by atoms with E-state index >= 15 is 0 Å². The van der Waals surface area contributed by atoms with Gasteiger partial charge in [0.25, 0.3) is 5.91 Å². The minimum Gasteiger partial charge on any atom is -0.322 e. The summed E-state index contributed by atoms with van der Waals surface area (Å²) >= 11 is 1.60. The van der Waals surface area contributed by atoms with Gasteiger partial charge in [0.05, 0.1) is 21.8 Å². The summed E-state index contributed by atoms with van der Waals surface area (Å²) in [6, 6.07) is 13.3. The normalized spacial score (nSPS) is 10.5. The molecule has 0 saturated carbocycles. The second-order valence-corrected chi connectivity index (χ2v) is 5.72. The number of nitrogens with one attached hydrogen (secondary N) is 1. The number of rotatable bonds is 3. The van der Waals surface area contributed by atoms with Gasteiger partial charge in [-0.2, -0.15) is 0 Å². The fourth-order valence-corrected chi connectivity index (χ4v) is 2.82. The standard InChI is InChI=1S/C17H13FN2OS/c1-11-14(7-8-15(19-11)16-6-3-9-22-16)17(21)20-13-5-2-4-12(18)10-13/h2-10H,1H3,(H,20,21). The minimum atomic E-state index is -0.388. The highest BCUT2D eigenvalue weighted by Crippen LogP contribution is 2.24. The molecule has 1 N–H and O–H groups in total. The number of aryl methyl sites for hydroxylation is 1. The van der Waals surface area contributed by atoms with E-state index in [4.69, 9.17) is 0 Å². The molecule has 1 amide bonds. The van der Waals surface area contributed by atoms with E-state index in [0.717, 1.165) is 10.6 Å². The van der Waals surface area contributed by atoms with Crippen molar-refractivity contribution >= 4 is 22.9 Å². The van der Waals surface area contributed by atoms with Gasteiger partial charge in [0.15, 0.2) is 0 Å². The van der Waals surface area contributed by atoms with E-state index in [1.165, 1.54) is 12.1 Å². The highest BCUT2D eigenvalue weighted by atomic mass is 32.1. The second-order valence-electron chi connectivity index (χ2n) is 4.77. The Balaban J connectivity index is 1.84. The summed E-state index contributed by atoms with van der Waals surface area (Å²) in [5, 5.41) is 4.66. The van der Waals surface area contributed by atoms with Gasteiger partial charge in [-0.3, -0.25) is 9.78 Å². The first kappa shape index (κ1) is 14.4. The molecule has 3 rings (SSSR count). The van der Waals surface area contributed by atoms with Crippen LogP contribution in [0.25, 0.3) is 10.6 Å². The smallest absolute Gasteiger partial charge is 0.257 e. The van der Waals surface area contributed by atoms with Crippen LogP contribution in [-0.4, -0.2) is 10.9 Å². The summed E-state index contributed by atoms with van der Waals surface area (Å²) in [5.41, 5.74) is 2.38. The Hall–Kier alpha value is -2.53. The lowest BCUT2D eigenvalue weighted by molar-refractivity contribution is 0.102. The monoisotopic (exact) mass is 312 g/mol. The van der Waals surface area contributed by atoms with E-state index in [1.54, 1.807) is 36.5 Å². The number of pyridine rings is 1. The fourth-order valence-electron chi connectivity index (χ4n) is 2.13. The summed E-state index contributed by atoms with van der Waals surface area (Å²) in [6.07, 6.45) is 0. The maximum atomic E-state index is 13.1. The average molecular weight is 312 g/mol. The highest BCUT2D eigenvalue weighted by Gasteiger charge is 2.12. The van der Waals surface area contributed by atoms with Crippen molar-refractivity contribution in [2.24, 2.45) is 0 Å². The van der Waals surface area contributed by atoms with Crippen LogP contribution >= 0.6 is 11.3 Å². The van der Waals surface area contributed by atoms with Gasteiger partial charge in [0.2, 0.25) is 0 Å². The first-order chi connectivity index (χ1) is 10.6. The van der Waals surface area contributed by atoms with Crippen LogP contribution in [0.15, 0.2) is 53.9 Å². The lowest BCUT2D eigenvalue weighted by atomic mass is 10.1. The number of aromatic nitrogens is 1. The zero-order chi connectivity index (χ0) is 15.5. The zero-order valence-electron chi connectivity index (χ0n) is 11.8. The molecule has 0 fully saturated rings. The molecule has 0 aliphatic heterocycles. The van der Waals surface area contributed by atoms with E-state index in [2.05, 4.69) is 10.3 Å². The lowest BCUT2D eigenvalue weighted by Crippen LogP contribution is -2.14. The quantitative estimate of drug-likeness (QED) is 0.773. The van der Waals surface area contributed by atoms with Crippen LogP contribution in [0.2, 0.25) is 0 Å². The molecule has 0 bridgehead atoms. The van der Waals surface area contributed by atoms with Crippen molar-refractivity contribution in [1.29, 1.82) is 0 Å². The van der Waals surface area contributed by atoms with Gasteiger partial charge in [-0.25, -0.2) is 4.39 Å². The number of halogens is 1. The van der Waals surface area contributed by atoms with Crippen molar-refractivity contribution in [2.75, 3.05) is 5.32 Å². The van der Waals surface area contributed by atoms with Crippen LogP contribution in [0.5, 0.6) is 0 Å². The van der Waals surface area contributed by atoms with Gasteiger partial charge in [-0.15, -0.1) is 11.3 Å². The molecule has 2 aromatic heterocycles. The van der Waals surface area contributed by atoms with Crippen molar-refractivity contribution in [3.63, 3.8) is 0 Å². The van der Waals surface area contributed by atoms with Gasteiger partial charge >= 0.3 is 0 Å². The Bertz CT molecular complexity index is 815. The Morgan fingerprint density at radius 1 is 1.18 bits per heavy atom. The van der Waals surface area contributed by atoms with Gasteiger partial charge in [0.1, 0.15) is 5.82 Å². The predicted octanol–water partition coefficient (Wildman–Crippen LogP) is 4.51. The highest BCUT2D eigenvalue weighted by molar-refractivity contribution is 7.13. The van der Waals surface area contributed by atoms with Gasteiger partial charge in [0, 0.05) is 5.69 Å².